The maximum absolute atomic E-state index is 11.6. The van der Waals surface area contributed by atoms with Crippen LogP contribution in [0.2, 0.25) is 0 Å². The summed E-state index contributed by atoms with van der Waals surface area (Å²) in [4.78, 5) is 13.2. The highest BCUT2D eigenvalue weighted by molar-refractivity contribution is 6.29. The summed E-state index contributed by atoms with van der Waals surface area (Å²) in [7, 11) is 1.59. The van der Waals surface area contributed by atoms with Gasteiger partial charge in [-0.3, -0.25) is 4.79 Å². The lowest BCUT2D eigenvalue weighted by Gasteiger charge is -2.29. The number of anilines is 1. The van der Waals surface area contributed by atoms with Gasteiger partial charge in [0.15, 0.2) is 0 Å². The van der Waals surface area contributed by atoms with E-state index in [1.165, 1.54) is 0 Å². The number of nitrogens with zero attached hydrogens (tertiary/aromatic N) is 1. The Morgan fingerprint density at radius 2 is 2.44 bits per heavy atom. The molecule has 1 aliphatic rings. The highest BCUT2D eigenvalue weighted by Crippen LogP contribution is 2.34. The number of alkyl halides is 1. The van der Waals surface area contributed by atoms with Crippen LogP contribution in [0.3, 0.4) is 0 Å². The molecule has 0 bridgehead atoms. The third-order valence-corrected chi connectivity index (χ3v) is 2.67. The average Bonchev–Trinajstić information content (AvgIpc) is 2.36. The minimum atomic E-state index is -0.114. The van der Waals surface area contributed by atoms with Crippen molar-refractivity contribution in [3.63, 3.8) is 0 Å². The number of benzene rings is 1. The number of halogens is 1. The van der Waals surface area contributed by atoms with E-state index >= 15 is 0 Å². The number of fused-ring (bicyclic) bond motifs is 1. The monoisotopic (exact) mass is 241 g/mol. The minimum absolute atomic E-state index is 0.0224. The van der Waals surface area contributed by atoms with Gasteiger partial charge in [0, 0.05) is 6.07 Å². The highest BCUT2D eigenvalue weighted by atomic mass is 35.5. The fourth-order valence-electron chi connectivity index (χ4n) is 1.66. The SMILES string of the molecule is COc1ccc2c(c1)OCCN2C(=O)CCl. The zero-order chi connectivity index (χ0) is 11.5. The van der Waals surface area contributed by atoms with Crippen LogP contribution in [0.25, 0.3) is 0 Å². The van der Waals surface area contributed by atoms with Crippen LogP contribution in [0.15, 0.2) is 18.2 Å². The van der Waals surface area contributed by atoms with E-state index in [9.17, 15) is 4.79 Å². The number of amides is 1. The van der Waals surface area contributed by atoms with Crippen molar-refractivity contribution in [2.45, 2.75) is 0 Å². The predicted octanol–water partition coefficient (Wildman–Crippen LogP) is 1.66. The Kier molecular flexibility index (Phi) is 3.19. The molecule has 0 unspecified atom stereocenters. The van der Waals surface area contributed by atoms with Gasteiger partial charge in [-0.25, -0.2) is 0 Å². The number of methoxy groups -OCH3 is 1. The minimum Gasteiger partial charge on any atom is -0.497 e. The molecule has 1 aromatic carbocycles. The molecule has 0 saturated carbocycles. The van der Waals surface area contributed by atoms with Crippen LogP contribution in [0.5, 0.6) is 11.5 Å². The molecule has 0 aliphatic carbocycles. The van der Waals surface area contributed by atoms with Crippen molar-refractivity contribution in [1.29, 1.82) is 0 Å². The van der Waals surface area contributed by atoms with E-state index in [1.54, 1.807) is 30.2 Å². The smallest absolute Gasteiger partial charge is 0.242 e. The predicted molar refractivity (Wildman–Crippen MR) is 61.6 cm³/mol. The van der Waals surface area contributed by atoms with Crippen molar-refractivity contribution in [3.8, 4) is 11.5 Å². The first-order valence-electron chi connectivity index (χ1n) is 4.93. The summed E-state index contributed by atoms with van der Waals surface area (Å²) < 4.78 is 10.6. The fourth-order valence-corrected chi connectivity index (χ4v) is 1.80. The van der Waals surface area contributed by atoms with Crippen molar-refractivity contribution in [2.75, 3.05) is 31.0 Å². The van der Waals surface area contributed by atoms with Gasteiger partial charge in [0.05, 0.1) is 19.3 Å². The summed E-state index contributed by atoms with van der Waals surface area (Å²) in [6, 6.07) is 5.36. The van der Waals surface area contributed by atoms with Gasteiger partial charge in [-0.05, 0) is 12.1 Å². The maximum atomic E-state index is 11.6. The van der Waals surface area contributed by atoms with E-state index in [1.807, 2.05) is 0 Å². The number of carbonyl (C=O) groups excluding carboxylic acids is 1. The van der Waals surface area contributed by atoms with Crippen LogP contribution < -0.4 is 14.4 Å². The van der Waals surface area contributed by atoms with Gasteiger partial charge in [0.1, 0.15) is 24.0 Å². The lowest BCUT2D eigenvalue weighted by molar-refractivity contribution is -0.116. The summed E-state index contributed by atoms with van der Waals surface area (Å²) in [6.45, 7) is 1.01. The van der Waals surface area contributed by atoms with E-state index in [4.69, 9.17) is 21.1 Å². The number of carbonyl (C=O) groups is 1. The first kappa shape index (κ1) is 11.1. The molecular formula is C11H12ClNO3. The average molecular weight is 242 g/mol. The Labute approximate surface area is 98.7 Å². The number of rotatable bonds is 2. The molecular weight excluding hydrogens is 230 g/mol. The number of ether oxygens (including phenoxy) is 2. The largest absolute Gasteiger partial charge is 0.497 e. The molecule has 86 valence electrons. The molecule has 0 aromatic heterocycles. The van der Waals surface area contributed by atoms with Gasteiger partial charge in [-0.1, -0.05) is 0 Å². The Morgan fingerprint density at radius 1 is 1.62 bits per heavy atom. The summed E-state index contributed by atoms with van der Waals surface area (Å²) in [5, 5.41) is 0. The Hall–Kier alpha value is -1.42. The molecule has 16 heavy (non-hydrogen) atoms. The fraction of sp³-hybridized carbons (Fsp3) is 0.364. The zero-order valence-corrected chi connectivity index (χ0v) is 9.66. The normalized spacial score (nSPS) is 14.0. The molecule has 0 atom stereocenters. The van der Waals surface area contributed by atoms with Crippen LogP contribution in [-0.2, 0) is 4.79 Å². The van der Waals surface area contributed by atoms with Gasteiger partial charge in [-0.2, -0.15) is 0 Å². The molecule has 1 heterocycles. The van der Waals surface area contributed by atoms with Crippen molar-refractivity contribution in [2.24, 2.45) is 0 Å². The molecule has 0 fully saturated rings. The molecule has 2 rings (SSSR count). The standard InChI is InChI=1S/C11H12ClNO3/c1-15-8-2-3-9-10(6-8)16-5-4-13(9)11(14)7-12/h2-3,6H,4-5,7H2,1H3. The van der Waals surface area contributed by atoms with Gasteiger partial charge >= 0.3 is 0 Å². The summed E-state index contributed by atoms with van der Waals surface area (Å²) >= 11 is 5.55. The molecule has 0 spiro atoms. The second kappa shape index (κ2) is 4.61. The third-order valence-electron chi connectivity index (χ3n) is 2.45. The topological polar surface area (TPSA) is 38.8 Å². The van der Waals surface area contributed by atoms with Crippen LogP contribution in [-0.4, -0.2) is 32.0 Å². The quantitative estimate of drug-likeness (QED) is 0.740. The van der Waals surface area contributed by atoms with E-state index < -0.39 is 0 Å². The first-order valence-corrected chi connectivity index (χ1v) is 5.47. The Balaban J connectivity index is 2.36. The van der Waals surface area contributed by atoms with Crippen molar-refractivity contribution < 1.29 is 14.3 Å². The van der Waals surface area contributed by atoms with Crippen LogP contribution >= 0.6 is 11.6 Å². The Bertz CT molecular complexity index is 408. The van der Waals surface area contributed by atoms with Gasteiger partial charge < -0.3 is 14.4 Å². The second-order valence-electron chi connectivity index (χ2n) is 3.36. The van der Waals surface area contributed by atoms with Crippen LogP contribution in [0, 0.1) is 0 Å². The molecule has 0 radical (unpaired) electrons. The summed E-state index contributed by atoms with van der Waals surface area (Å²) in [5.41, 5.74) is 0.748. The van der Waals surface area contributed by atoms with Gasteiger partial charge in [-0.15, -0.1) is 11.6 Å². The molecule has 0 saturated heterocycles. The highest BCUT2D eigenvalue weighted by Gasteiger charge is 2.23. The zero-order valence-electron chi connectivity index (χ0n) is 8.90. The first-order chi connectivity index (χ1) is 7.76. The third kappa shape index (κ3) is 1.93. The number of hydrogen-bond acceptors (Lipinski definition) is 3. The van der Waals surface area contributed by atoms with Crippen LogP contribution in [0.4, 0.5) is 5.69 Å². The summed E-state index contributed by atoms with van der Waals surface area (Å²) in [5.74, 6) is 1.23. The molecule has 0 N–H and O–H groups in total. The number of hydrogen-bond donors (Lipinski definition) is 0. The molecule has 5 heteroatoms. The lowest BCUT2D eigenvalue weighted by atomic mass is 10.2. The maximum Gasteiger partial charge on any atom is 0.242 e. The van der Waals surface area contributed by atoms with Gasteiger partial charge in [0.2, 0.25) is 5.91 Å². The molecule has 1 amide bonds. The van der Waals surface area contributed by atoms with E-state index in [0.717, 1.165) is 5.69 Å². The van der Waals surface area contributed by atoms with E-state index in [0.29, 0.717) is 24.7 Å². The van der Waals surface area contributed by atoms with E-state index in [2.05, 4.69) is 0 Å². The lowest BCUT2D eigenvalue weighted by Crippen LogP contribution is -2.38. The van der Waals surface area contributed by atoms with E-state index in [-0.39, 0.29) is 11.8 Å². The van der Waals surface area contributed by atoms with Crippen molar-refractivity contribution >= 4 is 23.2 Å². The second-order valence-corrected chi connectivity index (χ2v) is 3.63. The van der Waals surface area contributed by atoms with Crippen molar-refractivity contribution in [1.82, 2.24) is 0 Å². The van der Waals surface area contributed by atoms with Gasteiger partial charge in [0.25, 0.3) is 0 Å². The molecule has 1 aliphatic heterocycles. The van der Waals surface area contributed by atoms with Crippen molar-refractivity contribution in [3.05, 3.63) is 18.2 Å². The Morgan fingerprint density at radius 3 is 3.12 bits per heavy atom. The van der Waals surface area contributed by atoms with Crippen LogP contribution in [0.1, 0.15) is 0 Å². The molecule has 1 aromatic rings. The molecule has 4 nitrogen and oxygen atoms in total. The summed E-state index contributed by atoms with van der Waals surface area (Å²) in [6.07, 6.45) is 0.